The van der Waals surface area contributed by atoms with E-state index in [1.54, 1.807) is 9.36 Å². The first-order valence-corrected chi connectivity index (χ1v) is 5.78. The average Bonchev–Trinajstić information content (AvgIpc) is 2.77. The monoisotopic (exact) mass is 238 g/mol. The van der Waals surface area contributed by atoms with E-state index in [4.69, 9.17) is 5.73 Å². The molecule has 2 N–H and O–H groups in total. The van der Waals surface area contributed by atoms with Crippen LogP contribution in [0.2, 0.25) is 0 Å². The third kappa shape index (κ3) is 1.78. The van der Waals surface area contributed by atoms with Gasteiger partial charge in [0.05, 0.1) is 11.4 Å². The van der Waals surface area contributed by atoms with Crippen molar-refractivity contribution in [3.8, 4) is 0 Å². The van der Waals surface area contributed by atoms with Gasteiger partial charge in [0.1, 0.15) is 11.4 Å². The van der Waals surface area contributed by atoms with Crippen LogP contribution in [0.5, 0.6) is 0 Å². The molecule has 2 aromatic heterocycles. The second-order valence-corrected chi connectivity index (χ2v) is 4.37. The van der Waals surface area contributed by atoms with E-state index in [1.807, 2.05) is 21.0 Å². The Morgan fingerprint density at radius 1 is 1.38 bits per heavy atom. The van der Waals surface area contributed by atoms with Gasteiger partial charge in [-0.1, -0.05) is 6.92 Å². The van der Waals surface area contributed by atoms with Crippen molar-refractivity contribution in [3.05, 3.63) is 12.0 Å². The molecule has 0 saturated heterocycles. The minimum atomic E-state index is 0.734. The maximum Gasteiger partial charge on any atom is 0.192 e. The van der Waals surface area contributed by atoms with Crippen molar-refractivity contribution in [1.82, 2.24) is 24.5 Å². The number of nitrogen functional groups attached to an aromatic ring is 1. The number of aromatic nitrogens is 5. The summed E-state index contributed by atoms with van der Waals surface area (Å²) in [5.74, 6) is 0. The maximum absolute atomic E-state index is 6.02. The van der Waals surface area contributed by atoms with E-state index < -0.39 is 0 Å². The highest BCUT2D eigenvalue weighted by atomic mass is 32.2. The molecule has 0 bridgehead atoms. The molecule has 0 radical (unpaired) electrons. The van der Waals surface area contributed by atoms with E-state index in [0.717, 1.165) is 28.0 Å². The smallest absolute Gasteiger partial charge is 0.192 e. The minimum Gasteiger partial charge on any atom is -0.395 e. The molecule has 2 rings (SSSR count). The summed E-state index contributed by atoms with van der Waals surface area (Å²) in [5.41, 5.74) is 7.68. The van der Waals surface area contributed by atoms with Gasteiger partial charge in [0.15, 0.2) is 5.16 Å². The fourth-order valence-corrected chi connectivity index (χ4v) is 2.28. The summed E-state index contributed by atoms with van der Waals surface area (Å²) in [6.45, 7) is 2.04. The summed E-state index contributed by atoms with van der Waals surface area (Å²) in [6, 6.07) is 0. The van der Waals surface area contributed by atoms with Crippen molar-refractivity contribution in [2.24, 2.45) is 14.1 Å². The molecule has 0 aromatic carbocycles. The van der Waals surface area contributed by atoms with Crippen LogP contribution in [0.3, 0.4) is 0 Å². The fourth-order valence-electron chi connectivity index (χ4n) is 1.42. The highest BCUT2D eigenvalue weighted by Crippen LogP contribution is 2.31. The van der Waals surface area contributed by atoms with Crippen molar-refractivity contribution in [3.63, 3.8) is 0 Å². The van der Waals surface area contributed by atoms with Crippen molar-refractivity contribution in [2.75, 3.05) is 5.73 Å². The number of hydrogen-bond acceptors (Lipinski definition) is 5. The number of nitrogens with zero attached hydrogens (tertiary/aromatic N) is 5. The lowest BCUT2D eigenvalue weighted by Gasteiger charge is -2.01. The molecule has 86 valence electrons. The van der Waals surface area contributed by atoms with Gasteiger partial charge in [0, 0.05) is 14.1 Å². The molecular formula is C9H14N6S. The summed E-state index contributed by atoms with van der Waals surface area (Å²) in [6.07, 6.45) is 2.36. The van der Waals surface area contributed by atoms with Gasteiger partial charge >= 0.3 is 0 Å². The molecule has 0 unspecified atom stereocenters. The Bertz CT molecular complexity index is 500. The minimum absolute atomic E-state index is 0.734. The zero-order valence-corrected chi connectivity index (χ0v) is 10.3. The van der Waals surface area contributed by atoms with Gasteiger partial charge in [0.25, 0.3) is 0 Å². The van der Waals surface area contributed by atoms with E-state index in [1.165, 1.54) is 18.1 Å². The molecule has 16 heavy (non-hydrogen) atoms. The van der Waals surface area contributed by atoms with Crippen LogP contribution in [-0.2, 0) is 20.5 Å². The predicted molar refractivity (Wildman–Crippen MR) is 62.1 cm³/mol. The van der Waals surface area contributed by atoms with Crippen molar-refractivity contribution in [1.29, 1.82) is 0 Å². The van der Waals surface area contributed by atoms with Gasteiger partial charge in [-0.3, -0.25) is 4.68 Å². The van der Waals surface area contributed by atoms with Crippen LogP contribution in [0.1, 0.15) is 12.6 Å². The highest BCUT2D eigenvalue weighted by Gasteiger charge is 2.15. The summed E-state index contributed by atoms with van der Waals surface area (Å²) in [5, 5.41) is 10.1. The third-order valence-electron chi connectivity index (χ3n) is 2.30. The van der Waals surface area contributed by atoms with Crippen molar-refractivity contribution < 1.29 is 0 Å². The van der Waals surface area contributed by atoms with Crippen LogP contribution in [0.4, 0.5) is 5.69 Å². The van der Waals surface area contributed by atoms with Crippen LogP contribution in [0.25, 0.3) is 0 Å². The van der Waals surface area contributed by atoms with E-state index in [0.29, 0.717) is 0 Å². The van der Waals surface area contributed by atoms with Gasteiger partial charge < -0.3 is 5.73 Å². The van der Waals surface area contributed by atoms with Gasteiger partial charge in [-0.25, -0.2) is 9.67 Å². The van der Waals surface area contributed by atoms with E-state index >= 15 is 0 Å². The summed E-state index contributed by atoms with van der Waals surface area (Å²) < 4.78 is 3.50. The quantitative estimate of drug-likeness (QED) is 0.857. The van der Waals surface area contributed by atoms with E-state index in [-0.39, 0.29) is 0 Å². The van der Waals surface area contributed by atoms with Crippen LogP contribution >= 0.6 is 11.8 Å². The molecule has 2 aromatic rings. The summed E-state index contributed by atoms with van der Waals surface area (Å²) in [7, 11) is 3.73. The Kier molecular flexibility index (Phi) is 2.86. The number of rotatable bonds is 3. The molecule has 0 aliphatic rings. The molecular weight excluding hydrogens is 224 g/mol. The number of hydrogen-bond donors (Lipinski definition) is 1. The topological polar surface area (TPSA) is 74.5 Å². The first kappa shape index (κ1) is 11.0. The Morgan fingerprint density at radius 3 is 2.62 bits per heavy atom. The fraction of sp³-hybridized carbons (Fsp3) is 0.444. The number of nitrogens with two attached hydrogens (primary N) is 1. The van der Waals surface area contributed by atoms with Gasteiger partial charge in [-0.15, -0.1) is 0 Å². The third-order valence-corrected chi connectivity index (χ3v) is 3.53. The zero-order valence-electron chi connectivity index (χ0n) is 9.51. The Hall–Kier alpha value is -1.50. The lowest BCUT2D eigenvalue weighted by molar-refractivity contribution is 0.669. The molecule has 2 heterocycles. The number of aryl methyl sites for hydroxylation is 3. The Morgan fingerprint density at radius 2 is 2.12 bits per heavy atom. The SMILES string of the molecule is CCc1nn(C)c(Sc2ncnn2C)c1N. The van der Waals surface area contributed by atoms with Crippen molar-refractivity contribution >= 4 is 17.4 Å². The molecule has 0 fully saturated rings. The molecule has 0 spiro atoms. The summed E-state index contributed by atoms with van der Waals surface area (Å²) in [4.78, 5) is 4.15. The standard InChI is InChI=1S/C9H14N6S/c1-4-6-7(10)8(14(2)13-6)16-9-11-5-12-15(9)3/h5H,4,10H2,1-3H3. The average molecular weight is 238 g/mol. The zero-order chi connectivity index (χ0) is 11.7. The molecule has 6 nitrogen and oxygen atoms in total. The van der Waals surface area contributed by atoms with Crippen LogP contribution in [0.15, 0.2) is 16.5 Å². The normalized spacial score (nSPS) is 10.9. The predicted octanol–water partition coefficient (Wildman–Crippen LogP) is 0.844. The maximum atomic E-state index is 6.02. The van der Waals surface area contributed by atoms with Crippen molar-refractivity contribution in [2.45, 2.75) is 23.5 Å². The lowest BCUT2D eigenvalue weighted by atomic mass is 10.3. The highest BCUT2D eigenvalue weighted by molar-refractivity contribution is 7.99. The lowest BCUT2D eigenvalue weighted by Crippen LogP contribution is -1.97. The molecule has 7 heteroatoms. The van der Waals surface area contributed by atoms with Gasteiger partial charge in [0.2, 0.25) is 0 Å². The van der Waals surface area contributed by atoms with E-state index in [2.05, 4.69) is 15.2 Å². The van der Waals surface area contributed by atoms with Gasteiger partial charge in [-0.05, 0) is 18.2 Å². The molecule has 0 saturated carbocycles. The summed E-state index contributed by atoms with van der Waals surface area (Å²) >= 11 is 1.48. The largest absolute Gasteiger partial charge is 0.395 e. The second kappa shape index (κ2) is 4.17. The van der Waals surface area contributed by atoms with Crippen LogP contribution in [-0.4, -0.2) is 24.5 Å². The molecule has 0 atom stereocenters. The molecule has 0 aliphatic carbocycles. The van der Waals surface area contributed by atoms with E-state index in [9.17, 15) is 0 Å². The van der Waals surface area contributed by atoms with Gasteiger partial charge in [-0.2, -0.15) is 10.2 Å². The molecule has 0 amide bonds. The Balaban J connectivity index is 2.35. The second-order valence-electron chi connectivity index (χ2n) is 3.41. The first-order valence-electron chi connectivity index (χ1n) is 4.96. The molecule has 0 aliphatic heterocycles. The first-order chi connectivity index (χ1) is 7.63. The van der Waals surface area contributed by atoms with Crippen LogP contribution in [0, 0.1) is 0 Å². The Labute approximate surface area is 97.8 Å². The van der Waals surface area contributed by atoms with Crippen LogP contribution < -0.4 is 5.73 Å². The number of anilines is 1.